The van der Waals surface area contributed by atoms with Crippen molar-refractivity contribution < 1.29 is 14.3 Å². The molecule has 130 valence electrons. The van der Waals surface area contributed by atoms with Crippen LogP contribution in [0.2, 0.25) is 0 Å². The number of ether oxygens (including phenoxy) is 2. The molecule has 1 aromatic carbocycles. The number of hydrogen-bond acceptors (Lipinski definition) is 5. The number of nitrogens with one attached hydrogen (secondary N) is 2. The quantitative estimate of drug-likeness (QED) is 0.698. The van der Waals surface area contributed by atoms with Gasteiger partial charge in [-0.3, -0.25) is 10.1 Å². The number of rotatable bonds is 8. The first-order valence-corrected chi connectivity index (χ1v) is 8.78. The zero-order valence-electron chi connectivity index (χ0n) is 13.6. The highest BCUT2D eigenvalue weighted by molar-refractivity contribution is 7.99. The molecule has 1 atom stereocenters. The molecule has 1 fully saturated rings. The third kappa shape index (κ3) is 6.12. The van der Waals surface area contributed by atoms with Crippen molar-refractivity contribution in [2.24, 2.45) is 0 Å². The van der Waals surface area contributed by atoms with E-state index >= 15 is 0 Å². The van der Waals surface area contributed by atoms with Gasteiger partial charge < -0.3 is 14.8 Å². The number of amides is 1. The van der Waals surface area contributed by atoms with E-state index in [1.807, 2.05) is 18.2 Å². The molecule has 1 aliphatic rings. The number of carbonyl (C=O) groups excluding carboxylic acids is 1. The zero-order chi connectivity index (χ0) is 15.8. The molecule has 1 saturated heterocycles. The fourth-order valence-corrected chi connectivity index (χ4v) is 3.09. The lowest BCUT2D eigenvalue weighted by Gasteiger charge is -2.13. The Hall–Kier alpha value is -1.11. The maximum Gasteiger partial charge on any atom is 0.238 e. The molecule has 0 aliphatic carbocycles. The summed E-state index contributed by atoms with van der Waals surface area (Å²) in [7, 11) is 1.63. The topological polar surface area (TPSA) is 59.6 Å². The average molecular weight is 361 g/mol. The molecule has 1 unspecified atom stereocenters. The molecule has 0 aromatic heterocycles. The van der Waals surface area contributed by atoms with Gasteiger partial charge in [0.15, 0.2) is 11.5 Å². The largest absolute Gasteiger partial charge is 0.493 e. The third-order valence-corrected chi connectivity index (χ3v) is 4.42. The fraction of sp³-hybridized carbons (Fsp3) is 0.562. The van der Waals surface area contributed by atoms with Gasteiger partial charge in [0.1, 0.15) is 0 Å². The summed E-state index contributed by atoms with van der Waals surface area (Å²) in [5, 5.41) is 6.11. The highest BCUT2D eigenvalue weighted by Crippen LogP contribution is 2.28. The van der Waals surface area contributed by atoms with E-state index in [4.69, 9.17) is 9.47 Å². The number of unbranched alkanes of at least 4 members (excludes halogenated alkanes) is 1. The Morgan fingerprint density at radius 1 is 1.43 bits per heavy atom. The monoisotopic (exact) mass is 360 g/mol. The molecule has 0 bridgehead atoms. The molecule has 0 radical (unpaired) electrons. The fourth-order valence-electron chi connectivity index (χ4n) is 2.14. The van der Waals surface area contributed by atoms with Crippen molar-refractivity contribution >= 4 is 30.1 Å². The standard InChI is InChI=1S/C16H24N2O3S.ClH/c1-3-4-7-21-14-6-5-12(8-15(14)20-2)9-17-16(19)13-10-22-11-18-13;/h5-6,8,13,18H,3-4,7,9-11H2,1-2H3,(H,17,19);1H. The Kier molecular flexibility index (Phi) is 9.21. The van der Waals surface area contributed by atoms with Crippen LogP contribution in [-0.4, -0.2) is 37.3 Å². The van der Waals surface area contributed by atoms with Crippen LogP contribution in [0, 0.1) is 0 Å². The van der Waals surface area contributed by atoms with Crippen LogP contribution >= 0.6 is 24.2 Å². The zero-order valence-corrected chi connectivity index (χ0v) is 15.2. The molecule has 1 aromatic rings. The Labute approximate surface area is 148 Å². The van der Waals surface area contributed by atoms with E-state index in [0.717, 1.165) is 35.8 Å². The minimum absolute atomic E-state index is 0. The maximum absolute atomic E-state index is 12.0. The van der Waals surface area contributed by atoms with E-state index in [1.54, 1.807) is 18.9 Å². The van der Waals surface area contributed by atoms with Gasteiger partial charge in [0, 0.05) is 18.2 Å². The first kappa shape index (κ1) is 19.9. The van der Waals surface area contributed by atoms with Crippen LogP contribution in [0.4, 0.5) is 0 Å². The molecule has 0 saturated carbocycles. The molecule has 23 heavy (non-hydrogen) atoms. The van der Waals surface area contributed by atoms with E-state index in [9.17, 15) is 4.79 Å². The predicted molar refractivity (Wildman–Crippen MR) is 96.7 cm³/mol. The normalized spacial score (nSPS) is 16.5. The van der Waals surface area contributed by atoms with Gasteiger partial charge in [0.2, 0.25) is 5.91 Å². The van der Waals surface area contributed by atoms with Crippen LogP contribution in [-0.2, 0) is 11.3 Å². The van der Waals surface area contributed by atoms with Gasteiger partial charge in [-0.2, -0.15) is 0 Å². The van der Waals surface area contributed by atoms with Crippen molar-refractivity contribution in [1.82, 2.24) is 10.6 Å². The van der Waals surface area contributed by atoms with E-state index < -0.39 is 0 Å². The number of carbonyl (C=O) groups is 1. The number of halogens is 1. The lowest BCUT2D eigenvalue weighted by molar-refractivity contribution is -0.122. The molecule has 7 heteroatoms. The summed E-state index contributed by atoms with van der Waals surface area (Å²) in [6.45, 7) is 3.31. The van der Waals surface area contributed by atoms with E-state index in [0.29, 0.717) is 18.9 Å². The van der Waals surface area contributed by atoms with Crippen molar-refractivity contribution in [2.45, 2.75) is 32.4 Å². The van der Waals surface area contributed by atoms with Gasteiger partial charge in [0.05, 0.1) is 19.8 Å². The summed E-state index contributed by atoms with van der Waals surface area (Å²) in [6, 6.07) is 5.70. The van der Waals surface area contributed by atoms with E-state index in [2.05, 4.69) is 17.6 Å². The van der Waals surface area contributed by atoms with Crippen LogP contribution in [0.3, 0.4) is 0 Å². The van der Waals surface area contributed by atoms with Crippen LogP contribution in [0.5, 0.6) is 11.5 Å². The molecular formula is C16H25ClN2O3S. The van der Waals surface area contributed by atoms with Gasteiger partial charge in [0.25, 0.3) is 0 Å². The Bertz CT molecular complexity index is 496. The van der Waals surface area contributed by atoms with Crippen LogP contribution in [0.1, 0.15) is 25.3 Å². The van der Waals surface area contributed by atoms with Gasteiger partial charge in [-0.15, -0.1) is 24.2 Å². The van der Waals surface area contributed by atoms with Crippen molar-refractivity contribution in [3.05, 3.63) is 23.8 Å². The molecule has 2 rings (SSSR count). The second-order valence-corrected chi connectivity index (χ2v) is 6.21. The Balaban J connectivity index is 0.00000264. The first-order valence-electron chi connectivity index (χ1n) is 7.63. The summed E-state index contributed by atoms with van der Waals surface area (Å²) in [6.07, 6.45) is 2.12. The summed E-state index contributed by atoms with van der Waals surface area (Å²) in [4.78, 5) is 12.0. The summed E-state index contributed by atoms with van der Waals surface area (Å²) in [5.74, 6) is 3.18. The molecule has 1 amide bonds. The van der Waals surface area contributed by atoms with Gasteiger partial charge >= 0.3 is 0 Å². The summed E-state index contributed by atoms with van der Waals surface area (Å²) < 4.78 is 11.1. The Morgan fingerprint density at radius 3 is 2.91 bits per heavy atom. The van der Waals surface area contributed by atoms with Crippen molar-refractivity contribution in [1.29, 1.82) is 0 Å². The second kappa shape index (κ2) is 10.6. The van der Waals surface area contributed by atoms with Crippen molar-refractivity contribution in [2.75, 3.05) is 25.3 Å². The first-order chi connectivity index (χ1) is 10.7. The summed E-state index contributed by atoms with van der Waals surface area (Å²) >= 11 is 1.74. The molecule has 0 spiro atoms. The van der Waals surface area contributed by atoms with Crippen LogP contribution in [0.25, 0.3) is 0 Å². The Morgan fingerprint density at radius 2 is 2.26 bits per heavy atom. The minimum Gasteiger partial charge on any atom is -0.493 e. The average Bonchev–Trinajstić information content (AvgIpc) is 3.08. The number of methoxy groups -OCH3 is 1. The second-order valence-electron chi connectivity index (χ2n) is 5.18. The maximum atomic E-state index is 12.0. The van der Waals surface area contributed by atoms with Crippen molar-refractivity contribution in [3.8, 4) is 11.5 Å². The van der Waals surface area contributed by atoms with Crippen LogP contribution < -0.4 is 20.1 Å². The molecule has 2 N–H and O–H groups in total. The lowest BCUT2D eigenvalue weighted by atomic mass is 10.2. The highest BCUT2D eigenvalue weighted by Gasteiger charge is 2.21. The third-order valence-electron chi connectivity index (χ3n) is 3.48. The van der Waals surface area contributed by atoms with E-state index in [-0.39, 0.29) is 24.4 Å². The van der Waals surface area contributed by atoms with Gasteiger partial charge in [-0.1, -0.05) is 19.4 Å². The smallest absolute Gasteiger partial charge is 0.238 e. The number of hydrogen-bond donors (Lipinski definition) is 2. The SMILES string of the molecule is CCCCOc1ccc(CNC(=O)C2CSCN2)cc1OC.Cl. The molecule has 1 aliphatic heterocycles. The predicted octanol–water partition coefficient (Wildman–Crippen LogP) is 2.57. The van der Waals surface area contributed by atoms with Crippen LogP contribution in [0.15, 0.2) is 18.2 Å². The van der Waals surface area contributed by atoms with E-state index in [1.165, 1.54) is 0 Å². The number of benzene rings is 1. The molecular weight excluding hydrogens is 336 g/mol. The van der Waals surface area contributed by atoms with Crippen molar-refractivity contribution in [3.63, 3.8) is 0 Å². The summed E-state index contributed by atoms with van der Waals surface area (Å²) in [5.41, 5.74) is 0.999. The molecule has 1 heterocycles. The lowest BCUT2D eigenvalue weighted by Crippen LogP contribution is -2.41. The van der Waals surface area contributed by atoms with Gasteiger partial charge in [-0.05, 0) is 24.1 Å². The number of thioether (sulfide) groups is 1. The van der Waals surface area contributed by atoms with Gasteiger partial charge in [-0.25, -0.2) is 0 Å². The minimum atomic E-state index is -0.0801. The molecule has 5 nitrogen and oxygen atoms in total. The highest BCUT2D eigenvalue weighted by atomic mass is 35.5.